The lowest BCUT2D eigenvalue weighted by atomic mass is 10.0. The molecule has 122 valence electrons. The SMILES string of the molecule is COC(=O)COc1ccc(NC(=O)C2CCCC2N)cc1.Cl. The highest BCUT2D eigenvalue weighted by atomic mass is 35.5. The van der Waals surface area contributed by atoms with E-state index >= 15 is 0 Å². The van der Waals surface area contributed by atoms with Gasteiger partial charge in [0.15, 0.2) is 6.61 Å². The van der Waals surface area contributed by atoms with Gasteiger partial charge in [-0.3, -0.25) is 4.79 Å². The van der Waals surface area contributed by atoms with E-state index in [1.165, 1.54) is 7.11 Å². The number of nitrogens with two attached hydrogens (primary N) is 1. The highest BCUT2D eigenvalue weighted by Gasteiger charge is 2.30. The summed E-state index contributed by atoms with van der Waals surface area (Å²) >= 11 is 0. The molecule has 0 saturated heterocycles. The molecule has 1 aliphatic rings. The molecule has 6 nitrogen and oxygen atoms in total. The largest absolute Gasteiger partial charge is 0.482 e. The van der Waals surface area contributed by atoms with Crippen molar-refractivity contribution >= 4 is 30.0 Å². The van der Waals surface area contributed by atoms with E-state index in [0.29, 0.717) is 11.4 Å². The Morgan fingerprint density at radius 1 is 1.27 bits per heavy atom. The molecule has 7 heteroatoms. The Morgan fingerprint density at radius 2 is 1.95 bits per heavy atom. The van der Waals surface area contributed by atoms with Gasteiger partial charge in [0, 0.05) is 11.7 Å². The Balaban J connectivity index is 0.00000242. The van der Waals surface area contributed by atoms with Crippen molar-refractivity contribution in [3.05, 3.63) is 24.3 Å². The van der Waals surface area contributed by atoms with Gasteiger partial charge in [-0.2, -0.15) is 0 Å². The van der Waals surface area contributed by atoms with Crippen LogP contribution in [0.4, 0.5) is 5.69 Å². The van der Waals surface area contributed by atoms with Crippen LogP contribution in [0.5, 0.6) is 5.75 Å². The van der Waals surface area contributed by atoms with E-state index in [9.17, 15) is 9.59 Å². The van der Waals surface area contributed by atoms with Gasteiger partial charge in [-0.1, -0.05) is 6.42 Å². The fraction of sp³-hybridized carbons (Fsp3) is 0.467. The molecule has 1 saturated carbocycles. The molecular weight excluding hydrogens is 308 g/mol. The Labute approximate surface area is 135 Å². The van der Waals surface area contributed by atoms with Crippen LogP contribution >= 0.6 is 12.4 Å². The van der Waals surface area contributed by atoms with Gasteiger partial charge >= 0.3 is 5.97 Å². The first-order valence-corrected chi connectivity index (χ1v) is 6.96. The number of benzene rings is 1. The van der Waals surface area contributed by atoms with Crippen LogP contribution in [0.2, 0.25) is 0 Å². The summed E-state index contributed by atoms with van der Waals surface area (Å²) in [5.41, 5.74) is 6.60. The number of carbonyl (C=O) groups is 2. The van der Waals surface area contributed by atoms with Crippen LogP contribution in [0.3, 0.4) is 0 Å². The van der Waals surface area contributed by atoms with Crippen molar-refractivity contribution in [2.75, 3.05) is 19.0 Å². The predicted molar refractivity (Wildman–Crippen MR) is 85.1 cm³/mol. The predicted octanol–water partition coefficient (Wildman–Crippen LogP) is 1.73. The quantitative estimate of drug-likeness (QED) is 0.803. The lowest BCUT2D eigenvalue weighted by Gasteiger charge is -2.15. The lowest BCUT2D eigenvalue weighted by Crippen LogP contribution is -2.34. The second kappa shape index (κ2) is 8.60. The number of halogens is 1. The fourth-order valence-corrected chi connectivity index (χ4v) is 2.38. The highest BCUT2D eigenvalue weighted by molar-refractivity contribution is 5.93. The summed E-state index contributed by atoms with van der Waals surface area (Å²) < 4.78 is 9.71. The lowest BCUT2D eigenvalue weighted by molar-refractivity contribution is -0.142. The van der Waals surface area contributed by atoms with E-state index in [-0.39, 0.29) is 36.9 Å². The monoisotopic (exact) mass is 328 g/mol. The summed E-state index contributed by atoms with van der Waals surface area (Å²) in [6.07, 6.45) is 2.74. The van der Waals surface area contributed by atoms with Gasteiger partial charge in [0.2, 0.25) is 5.91 Å². The molecule has 1 fully saturated rings. The number of methoxy groups -OCH3 is 1. The molecular formula is C15H21ClN2O4. The smallest absolute Gasteiger partial charge is 0.343 e. The van der Waals surface area contributed by atoms with Gasteiger partial charge in [0.1, 0.15) is 5.75 Å². The molecule has 0 aromatic heterocycles. The van der Waals surface area contributed by atoms with Crippen LogP contribution < -0.4 is 15.8 Å². The molecule has 0 spiro atoms. The Bertz CT molecular complexity index is 507. The van der Waals surface area contributed by atoms with Crippen molar-refractivity contribution in [1.29, 1.82) is 0 Å². The zero-order chi connectivity index (χ0) is 15.2. The van der Waals surface area contributed by atoms with Gasteiger partial charge in [-0.15, -0.1) is 12.4 Å². The molecule has 0 heterocycles. The molecule has 1 aromatic rings. The standard InChI is InChI=1S/C15H20N2O4.ClH/c1-20-14(18)9-21-11-7-5-10(6-8-11)17-15(19)12-3-2-4-13(12)16;/h5-8,12-13H,2-4,9,16H2,1H3,(H,17,19);1H. The van der Waals surface area contributed by atoms with Crippen LogP contribution in [0.15, 0.2) is 24.3 Å². The molecule has 0 aliphatic heterocycles. The summed E-state index contributed by atoms with van der Waals surface area (Å²) in [5, 5.41) is 2.85. The zero-order valence-corrected chi connectivity index (χ0v) is 13.2. The van der Waals surface area contributed by atoms with Crippen LogP contribution in [-0.2, 0) is 14.3 Å². The minimum atomic E-state index is -0.442. The normalized spacial score (nSPS) is 19.9. The summed E-state index contributed by atoms with van der Waals surface area (Å²) in [6.45, 7) is -0.140. The molecule has 22 heavy (non-hydrogen) atoms. The number of esters is 1. The second-order valence-electron chi connectivity index (χ2n) is 5.08. The van der Waals surface area contributed by atoms with Crippen molar-refractivity contribution in [2.24, 2.45) is 11.7 Å². The highest BCUT2D eigenvalue weighted by Crippen LogP contribution is 2.25. The Kier molecular flexibility index (Phi) is 7.14. The number of hydrogen-bond donors (Lipinski definition) is 2. The third kappa shape index (κ3) is 4.89. The van der Waals surface area contributed by atoms with Crippen LogP contribution in [0, 0.1) is 5.92 Å². The topological polar surface area (TPSA) is 90.6 Å². The average Bonchev–Trinajstić information content (AvgIpc) is 2.92. The first kappa shape index (κ1) is 18.3. The molecule has 0 bridgehead atoms. The number of nitrogens with one attached hydrogen (secondary N) is 1. The van der Waals surface area contributed by atoms with Crippen molar-refractivity contribution in [3.63, 3.8) is 0 Å². The van der Waals surface area contributed by atoms with E-state index in [4.69, 9.17) is 10.5 Å². The van der Waals surface area contributed by atoms with E-state index < -0.39 is 5.97 Å². The number of ether oxygens (including phenoxy) is 2. The maximum Gasteiger partial charge on any atom is 0.343 e. The molecule has 1 aromatic carbocycles. The third-order valence-electron chi connectivity index (χ3n) is 3.61. The molecule has 1 amide bonds. The maximum atomic E-state index is 12.1. The van der Waals surface area contributed by atoms with E-state index in [1.807, 2.05) is 0 Å². The van der Waals surface area contributed by atoms with Crippen molar-refractivity contribution < 1.29 is 19.1 Å². The van der Waals surface area contributed by atoms with Gasteiger partial charge in [-0.05, 0) is 37.1 Å². The van der Waals surface area contributed by atoms with Gasteiger partial charge in [-0.25, -0.2) is 4.79 Å². The van der Waals surface area contributed by atoms with Crippen molar-refractivity contribution in [2.45, 2.75) is 25.3 Å². The second-order valence-corrected chi connectivity index (χ2v) is 5.08. The zero-order valence-electron chi connectivity index (χ0n) is 12.4. The molecule has 2 atom stereocenters. The molecule has 1 aliphatic carbocycles. The molecule has 3 N–H and O–H groups in total. The summed E-state index contributed by atoms with van der Waals surface area (Å²) in [4.78, 5) is 23.0. The van der Waals surface area contributed by atoms with E-state index in [1.54, 1.807) is 24.3 Å². The Morgan fingerprint density at radius 3 is 2.50 bits per heavy atom. The van der Waals surface area contributed by atoms with Crippen LogP contribution in [-0.4, -0.2) is 31.6 Å². The molecule has 2 unspecified atom stereocenters. The number of amides is 1. The van der Waals surface area contributed by atoms with Crippen molar-refractivity contribution in [3.8, 4) is 5.75 Å². The number of carbonyl (C=O) groups excluding carboxylic acids is 2. The molecule has 0 radical (unpaired) electrons. The third-order valence-corrected chi connectivity index (χ3v) is 3.61. The van der Waals surface area contributed by atoms with E-state index in [2.05, 4.69) is 10.1 Å². The van der Waals surface area contributed by atoms with Crippen molar-refractivity contribution in [1.82, 2.24) is 0 Å². The maximum absolute atomic E-state index is 12.1. The number of hydrogen-bond acceptors (Lipinski definition) is 5. The summed E-state index contributed by atoms with van der Waals surface area (Å²) in [5.74, 6) is -0.0537. The molecule has 2 rings (SSSR count). The summed E-state index contributed by atoms with van der Waals surface area (Å²) in [7, 11) is 1.30. The number of anilines is 1. The van der Waals surface area contributed by atoms with Crippen LogP contribution in [0.1, 0.15) is 19.3 Å². The van der Waals surface area contributed by atoms with Crippen LogP contribution in [0.25, 0.3) is 0 Å². The number of rotatable bonds is 5. The summed E-state index contributed by atoms with van der Waals surface area (Å²) in [6, 6.07) is 6.78. The van der Waals surface area contributed by atoms with E-state index in [0.717, 1.165) is 19.3 Å². The fourth-order valence-electron chi connectivity index (χ4n) is 2.38. The minimum absolute atomic E-state index is 0. The first-order valence-electron chi connectivity index (χ1n) is 6.96. The Hall–Kier alpha value is -1.79. The minimum Gasteiger partial charge on any atom is -0.482 e. The average molecular weight is 329 g/mol. The first-order chi connectivity index (χ1) is 10.1. The van der Waals surface area contributed by atoms with Gasteiger partial charge in [0.25, 0.3) is 0 Å². The van der Waals surface area contributed by atoms with Gasteiger partial charge in [0.05, 0.1) is 13.0 Å². The van der Waals surface area contributed by atoms with Gasteiger partial charge < -0.3 is 20.5 Å².